The zero-order valence-corrected chi connectivity index (χ0v) is 13.9. The summed E-state index contributed by atoms with van der Waals surface area (Å²) in [6, 6.07) is 9.46. The first-order valence-electron chi connectivity index (χ1n) is 7.94. The van der Waals surface area contributed by atoms with Crippen LogP contribution in [0, 0.1) is 11.8 Å². The van der Waals surface area contributed by atoms with Crippen LogP contribution in [0.5, 0.6) is 0 Å². The molecular weight excluding hydrogens is 330 g/mol. The molecule has 1 unspecified atom stereocenters. The lowest BCUT2D eigenvalue weighted by Gasteiger charge is -2.36. The lowest BCUT2D eigenvalue weighted by Crippen LogP contribution is -2.49. The molecule has 1 aliphatic heterocycles. The Kier molecular flexibility index (Phi) is 4.51. The fourth-order valence-corrected chi connectivity index (χ4v) is 3.91. The van der Waals surface area contributed by atoms with Crippen LogP contribution in [-0.2, 0) is 0 Å². The number of benzene rings is 1. The molecule has 1 saturated carbocycles. The van der Waals surface area contributed by atoms with Crippen molar-refractivity contribution in [3.05, 3.63) is 35.9 Å². The first kappa shape index (κ1) is 16.8. The molecule has 0 spiro atoms. The molecule has 1 aromatic heterocycles. The van der Waals surface area contributed by atoms with E-state index in [2.05, 4.69) is 5.16 Å². The average Bonchev–Trinajstić information content (AvgIpc) is 3.06. The summed E-state index contributed by atoms with van der Waals surface area (Å²) in [5, 5.41) is 13.8. The van der Waals surface area contributed by atoms with Crippen molar-refractivity contribution >= 4 is 24.2 Å². The van der Waals surface area contributed by atoms with Crippen LogP contribution >= 0.6 is 12.4 Å². The molecule has 128 valence electrons. The van der Waals surface area contributed by atoms with E-state index in [4.69, 9.17) is 10.3 Å². The van der Waals surface area contributed by atoms with Gasteiger partial charge in [-0.3, -0.25) is 0 Å². The molecule has 3 N–H and O–H groups in total. The Balaban J connectivity index is 0.00000169. The second-order valence-corrected chi connectivity index (χ2v) is 6.46. The van der Waals surface area contributed by atoms with Gasteiger partial charge in [0.05, 0.1) is 0 Å². The molecule has 2 aromatic rings. The van der Waals surface area contributed by atoms with E-state index in [1.54, 1.807) is 0 Å². The van der Waals surface area contributed by atoms with Crippen LogP contribution in [-0.4, -0.2) is 35.4 Å². The van der Waals surface area contributed by atoms with Gasteiger partial charge in [-0.05, 0) is 24.7 Å². The first-order chi connectivity index (χ1) is 11.1. The summed E-state index contributed by atoms with van der Waals surface area (Å²) >= 11 is 0. The largest absolute Gasteiger partial charge is 0.477 e. The Morgan fingerprint density at radius 2 is 1.83 bits per heavy atom. The number of fused-ring (bicyclic) bond motifs is 2. The number of halogens is 1. The van der Waals surface area contributed by atoms with Crippen molar-refractivity contribution in [3.63, 3.8) is 0 Å². The fraction of sp³-hybridized carbons (Fsp3) is 0.412. The zero-order chi connectivity index (χ0) is 16.0. The molecule has 2 aliphatic rings. The number of nitrogens with zero attached hydrogens (tertiary/aromatic N) is 2. The Bertz CT molecular complexity index is 720. The van der Waals surface area contributed by atoms with Crippen molar-refractivity contribution in [2.45, 2.75) is 18.9 Å². The number of carboxylic acid groups (broad SMARTS) is 1. The maximum absolute atomic E-state index is 11.8. The predicted molar refractivity (Wildman–Crippen MR) is 92.5 cm³/mol. The summed E-state index contributed by atoms with van der Waals surface area (Å²) < 4.78 is 5.41. The van der Waals surface area contributed by atoms with Crippen LogP contribution in [0.15, 0.2) is 34.9 Å². The van der Waals surface area contributed by atoms with Crippen LogP contribution < -0.4 is 10.6 Å². The molecule has 4 rings (SSSR count). The van der Waals surface area contributed by atoms with Gasteiger partial charge in [-0.1, -0.05) is 35.5 Å². The van der Waals surface area contributed by atoms with E-state index < -0.39 is 5.97 Å². The predicted octanol–water partition coefficient (Wildman–Crippen LogP) is 2.64. The number of rotatable bonds is 3. The van der Waals surface area contributed by atoms with E-state index in [0.29, 0.717) is 23.4 Å². The first-order valence-corrected chi connectivity index (χ1v) is 7.94. The summed E-state index contributed by atoms with van der Waals surface area (Å²) in [7, 11) is 0. The molecule has 2 fully saturated rings. The van der Waals surface area contributed by atoms with Gasteiger partial charge in [-0.2, -0.15) is 0 Å². The minimum atomic E-state index is -1.01. The quantitative estimate of drug-likeness (QED) is 0.884. The van der Waals surface area contributed by atoms with Gasteiger partial charge in [0.1, 0.15) is 0 Å². The van der Waals surface area contributed by atoms with Crippen molar-refractivity contribution in [2.24, 2.45) is 17.6 Å². The molecule has 3 atom stereocenters. The van der Waals surface area contributed by atoms with Crippen molar-refractivity contribution < 1.29 is 14.4 Å². The van der Waals surface area contributed by atoms with E-state index in [1.165, 1.54) is 0 Å². The number of hydrogen-bond acceptors (Lipinski definition) is 5. The highest BCUT2D eigenvalue weighted by Crippen LogP contribution is 2.39. The van der Waals surface area contributed by atoms with E-state index in [9.17, 15) is 9.90 Å². The number of carboxylic acids is 1. The Morgan fingerprint density at radius 3 is 2.42 bits per heavy atom. The summed E-state index contributed by atoms with van der Waals surface area (Å²) in [5.41, 5.74) is 7.10. The molecule has 2 heterocycles. The van der Waals surface area contributed by atoms with Crippen molar-refractivity contribution in [1.82, 2.24) is 5.16 Å². The normalized spacial score (nSPS) is 25.4. The number of aromatic carboxylic acids is 1. The monoisotopic (exact) mass is 349 g/mol. The van der Waals surface area contributed by atoms with E-state index in [1.807, 2.05) is 35.2 Å². The van der Waals surface area contributed by atoms with Gasteiger partial charge in [0, 0.05) is 24.7 Å². The molecule has 1 aromatic carbocycles. The van der Waals surface area contributed by atoms with Crippen LogP contribution in [0.4, 0.5) is 5.82 Å². The fourth-order valence-electron chi connectivity index (χ4n) is 3.91. The van der Waals surface area contributed by atoms with Crippen LogP contribution in [0.1, 0.15) is 23.2 Å². The van der Waals surface area contributed by atoms with E-state index in [-0.39, 0.29) is 24.0 Å². The molecule has 24 heavy (non-hydrogen) atoms. The molecule has 2 bridgehead atoms. The number of anilines is 1. The van der Waals surface area contributed by atoms with Gasteiger partial charge in [0.25, 0.3) is 0 Å². The Morgan fingerprint density at radius 1 is 1.21 bits per heavy atom. The molecule has 0 radical (unpaired) electrons. The minimum absolute atomic E-state index is 0. The third kappa shape index (κ3) is 2.65. The van der Waals surface area contributed by atoms with Gasteiger partial charge in [-0.25, -0.2) is 4.79 Å². The van der Waals surface area contributed by atoms with Crippen LogP contribution in [0.3, 0.4) is 0 Å². The van der Waals surface area contributed by atoms with Crippen LogP contribution in [0.2, 0.25) is 0 Å². The standard InChI is InChI=1S/C17H19N3O3.ClH/c18-14-11-6-7-12(14)9-20(8-11)16-13(17(21)22)15(23-19-16)10-4-2-1-3-5-10;/h1-5,11-12,14H,6-9,18H2,(H,21,22);1H/t11-,12+,14?;. The highest BCUT2D eigenvalue weighted by Gasteiger charge is 2.42. The van der Waals surface area contributed by atoms with Crippen molar-refractivity contribution in [3.8, 4) is 11.3 Å². The Hall–Kier alpha value is -2.05. The van der Waals surface area contributed by atoms with Crippen molar-refractivity contribution in [2.75, 3.05) is 18.0 Å². The molecule has 6 nitrogen and oxygen atoms in total. The number of carbonyl (C=O) groups is 1. The second-order valence-electron chi connectivity index (χ2n) is 6.46. The number of aromatic nitrogens is 1. The highest BCUT2D eigenvalue weighted by atomic mass is 35.5. The highest BCUT2D eigenvalue weighted by molar-refractivity contribution is 5.99. The number of hydrogen-bond donors (Lipinski definition) is 2. The number of piperidine rings is 1. The minimum Gasteiger partial charge on any atom is -0.477 e. The van der Waals surface area contributed by atoms with Gasteiger partial charge >= 0.3 is 5.97 Å². The summed E-state index contributed by atoms with van der Waals surface area (Å²) in [6.07, 6.45) is 2.21. The van der Waals surface area contributed by atoms with Gasteiger partial charge in [0.15, 0.2) is 17.1 Å². The molecule has 0 amide bonds. The molecule has 1 aliphatic carbocycles. The van der Waals surface area contributed by atoms with Gasteiger partial charge in [-0.15, -0.1) is 12.4 Å². The topological polar surface area (TPSA) is 92.6 Å². The summed E-state index contributed by atoms with van der Waals surface area (Å²) in [4.78, 5) is 13.8. The summed E-state index contributed by atoms with van der Waals surface area (Å²) in [5.74, 6) is 0.553. The lowest BCUT2D eigenvalue weighted by molar-refractivity contribution is 0.0697. The van der Waals surface area contributed by atoms with Gasteiger partial charge < -0.3 is 20.3 Å². The SMILES string of the molecule is Cl.NC1[C@@H]2CC[C@H]1CN(c1noc(-c3ccccc3)c1C(=O)O)C2. The number of nitrogens with two attached hydrogens (primary N) is 1. The molecule has 7 heteroatoms. The van der Waals surface area contributed by atoms with E-state index in [0.717, 1.165) is 31.5 Å². The molecule has 1 saturated heterocycles. The Labute approximate surface area is 146 Å². The summed E-state index contributed by atoms with van der Waals surface area (Å²) in [6.45, 7) is 1.50. The molecular formula is C17H20ClN3O3. The average molecular weight is 350 g/mol. The van der Waals surface area contributed by atoms with Crippen molar-refractivity contribution in [1.29, 1.82) is 0 Å². The lowest BCUT2D eigenvalue weighted by atomic mass is 9.93. The zero-order valence-electron chi connectivity index (χ0n) is 13.1. The van der Waals surface area contributed by atoms with Gasteiger partial charge in [0.2, 0.25) is 0 Å². The van der Waals surface area contributed by atoms with Crippen LogP contribution in [0.25, 0.3) is 11.3 Å². The van der Waals surface area contributed by atoms with E-state index >= 15 is 0 Å². The smallest absolute Gasteiger partial charge is 0.343 e. The third-order valence-corrected chi connectivity index (χ3v) is 5.13. The second kappa shape index (κ2) is 6.45. The third-order valence-electron chi connectivity index (χ3n) is 5.13. The maximum atomic E-state index is 11.8. The maximum Gasteiger partial charge on any atom is 0.343 e.